The Kier molecular flexibility index (Phi) is 5.72. The van der Waals surface area contributed by atoms with Crippen LogP contribution >= 0.6 is 0 Å². The van der Waals surface area contributed by atoms with Crippen LogP contribution in [-0.2, 0) is 0 Å². The van der Waals surface area contributed by atoms with E-state index in [1.54, 1.807) is 0 Å². The van der Waals surface area contributed by atoms with Gasteiger partial charge in [-0.15, -0.1) is 0 Å². The molecular weight excluding hydrogens is 332 g/mol. The molecule has 0 saturated carbocycles. The van der Waals surface area contributed by atoms with Crippen LogP contribution in [0.1, 0.15) is 35.4 Å². The van der Waals surface area contributed by atoms with Crippen molar-refractivity contribution in [2.75, 3.05) is 33.3 Å². The highest BCUT2D eigenvalue weighted by molar-refractivity contribution is 5.69. The lowest BCUT2D eigenvalue weighted by Crippen LogP contribution is -2.67. The van der Waals surface area contributed by atoms with Gasteiger partial charge in [-0.05, 0) is 49.7 Å². The molecule has 0 radical (unpaired) electrons. The summed E-state index contributed by atoms with van der Waals surface area (Å²) in [6.45, 7) is 3.65. The average molecular weight is 363 g/mol. The Labute approximate surface area is 162 Å². The molecule has 142 valence electrons. The predicted octanol–water partition coefficient (Wildman–Crippen LogP) is 3.71. The summed E-state index contributed by atoms with van der Waals surface area (Å²) in [4.78, 5) is 4.98. The Balaban J connectivity index is 1.49. The van der Waals surface area contributed by atoms with Crippen molar-refractivity contribution in [3.63, 3.8) is 0 Å². The Morgan fingerprint density at radius 3 is 2.30 bits per heavy atom. The smallest absolute Gasteiger partial charge is 0.0593 e. The molecule has 3 nitrogen and oxygen atoms in total. The van der Waals surface area contributed by atoms with Gasteiger partial charge in [-0.2, -0.15) is 0 Å². The SMILES string of the molecule is CN1CCCCN2[C@H](CO)[C@H](c3ccc(/C=C/c4ccccc4)cc3)[C@H]2C1. The van der Waals surface area contributed by atoms with Crippen LogP contribution in [0.3, 0.4) is 0 Å². The standard InChI is InChI=1S/C24H30N2O/c1-25-15-5-6-16-26-22(17-25)24(23(26)18-27)21-13-11-20(12-14-21)10-9-19-7-3-2-4-8-19/h2-4,7-14,22-24,27H,5-6,15-18H2,1H3/b10-9+/t22-,23-,24-/m1/s1. The van der Waals surface area contributed by atoms with Crippen molar-refractivity contribution in [1.29, 1.82) is 0 Å². The van der Waals surface area contributed by atoms with Crippen LogP contribution in [0.15, 0.2) is 54.6 Å². The maximum Gasteiger partial charge on any atom is 0.0593 e. The topological polar surface area (TPSA) is 26.7 Å². The molecule has 27 heavy (non-hydrogen) atoms. The number of nitrogens with zero attached hydrogens (tertiary/aromatic N) is 2. The van der Waals surface area contributed by atoms with E-state index in [1.807, 2.05) is 6.07 Å². The van der Waals surface area contributed by atoms with Gasteiger partial charge in [0.05, 0.1) is 6.61 Å². The number of aliphatic hydroxyl groups is 1. The summed E-state index contributed by atoms with van der Waals surface area (Å²) >= 11 is 0. The summed E-state index contributed by atoms with van der Waals surface area (Å²) in [6, 6.07) is 20.1. The van der Waals surface area contributed by atoms with E-state index in [-0.39, 0.29) is 12.6 Å². The minimum absolute atomic E-state index is 0.251. The number of likely N-dealkylation sites (N-methyl/N-ethyl adjacent to an activating group) is 1. The monoisotopic (exact) mass is 362 g/mol. The quantitative estimate of drug-likeness (QED) is 0.840. The van der Waals surface area contributed by atoms with Gasteiger partial charge in [0.15, 0.2) is 0 Å². The van der Waals surface area contributed by atoms with E-state index in [0.717, 1.165) is 13.1 Å². The first-order chi connectivity index (χ1) is 13.3. The van der Waals surface area contributed by atoms with Crippen molar-refractivity contribution in [2.45, 2.75) is 30.8 Å². The van der Waals surface area contributed by atoms with Crippen LogP contribution in [0.4, 0.5) is 0 Å². The molecule has 2 saturated heterocycles. The van der Waals surface area contributed by atoms with Gasteiger partial charge < -0.3 is 10.0 Å². The fourth-order valence-corrected chi connectivity index (χ4v) is 4.70. The molecule has 2 fully saturated rings. The number of hydrogen-bond donors (Lipinski definition) is 1. The molecule has 4 rings (SSSR count). The lowest BCUT2D eigenvalue weighted by atomic mass is 9.74. The van der Waals surface area contributed by atoms with Crippen molar-refractivity contribution < 1.29 is 5.11 Å². The molecule has 0 spiro atoms. The van der Waals surface area contributed by atoms with Crippen LogP contribution in [0.5, 0.6) is 0 Å². The molecule has 2 aliphatic rings. The van der Waals surface area contributed by atoms with Crippen molar-refractivity contribution >= 4 is 12.2 Å². The van der Waals surface area contributed by atoms with E-state index in [9.17, 15) is 5.11 Å². The Morgan fingerprint density at radius 2 is 1.59 bits per heavy atom. The largest absolute Gasteiger partial charge is 0.395 e. The van der Waals surface area contributed by atoms with Crippen LogP contribution in [0.2, 0.25) is 0 Å². The average Bonchev–Trinajstić information content (AvgIpc) is 2.69. The highest BCUT2D eigenvalue weighted by atomic mass is 16.3. The number of fused-ring (bicyclic) bond motifs is 1. The van der Waals surface area contributed by atoms with Gasteiger partial charge in [0.2, 0.25) is 0 Å². The fraction of sp³-hybridized carbons (Fsp3) is 0.417. The molecule has 0 aromatic heterocycles. The molecule has 2 aliphatic heterocycles. The lowest BCUT2D eigenvalue weighted by molar-refractivity contribution is -0.0614. The first kappa shape index (κ1) is 18.4. The molecule has 0 unspecified atom stereocenters. The molecular formula is C24H30N2O. The predicted molar refractivity (Wildman–Crippen MR) is 113 cm³/mol. The minimum atomic E-state index is 0.251. The molecule has 3 atom stereocenters. The Bertz CT molecular complexity index is 756. The van der Waals surface area contributed by atoms with Gasteiger partial charge >= 0.3 is 0 Å². The van der Waals surface area contributed by atoms with Crippen LogP contribution in [0, 0.1) is 0 Å². The second-order valence-electron chi connectivity index (χ2n) is 7.96. The van der Waals surface area contributed by atoms with Crippen LogP contribution in [0.25, 0.3) is 12.2 Å². The van der Waals surface area contributed by atoms with Crippen LogP contribution in [-0.4, -0.2) is 60.3 Å². The summed E-state index contributed by atoms with van der Waals surface area (Å²) in [5, 5.41) is 9.98. The summed E-state index contributed by atoms with van der Waals surface area (Å²) < 4.78 is 0. The van der Waals surface area contributed by atoms with E-state index in [2.05, 4.69) is 77.5 Å². The van der Waals surface area contributed by atoms with E-state index in [4.69, 9.17) is 0 Å². The Hall–Kier alpha value is -1.94. The molecule has 1 N–H and O–H groups in total. The fourth-order valence-electron chi connectivity index (χ4n) is 4.70. The van der Waals surface area contributed by atoms with Crippen molar-refractivity contribution in [3.05, 3.63) is 71.3 Å². The third-order valence-electron chi connectivity index (χ3n) is 6.16. The summed E-state index contributed by atoms with van der Waals surface area (Å²) in [5.41, 5.74) is 3.80. The summed E-state index contributed by atoms with van der Waals surface area (Å²) in [6.07, 6.45) is 6.80. The van der Waals surface area contributed by atoms with Crippen molar-refractivity contribution in [1.82, 2.24) is 9.80 Å². The lowest BCUT2D eigenvalue weighted by Gasteiger charge is -2.57. The second kappa shape index (κ2) is 8.39. The third-order valence-corrected chi connectivity index (χ3v) is 6.16. The number of benzene rings is 2. The minimum Gasteiger partial charge on any atom is -0.395 e. The zero-order valence-electron chi connectivity index (χ0n) is 16.2. The maximum absolute atomic E-state index is 9.98. The van der Waals surface area contributed by atoms with Gasteiger partial charge in [0, 0.05) is 24.5 Å². The third kappa shape index (κ3) is 4.01. The van der Waals surface area contributed by atoms with E-state index in [0.29, 0.717) is 12.0 Å². The highest BCUT2D eigenvalue weighted by Crippen LogP contribution is 2.41. The van der Waals surface area contributed by atoms with Gasteiger partial charge in [-0.25, -0.2) is 0 Å². The zero-order chi connectivity index (χ0) is 18.6. The second-order valence-corrected chi connectivity index (χ2v) is 7.96. The first-order valence-electron chi connectivity index (χ1n) is 10.1. The van der Waals surface area contributed by atoms with Crippen molar-refractivity contribution in [3.8, 4) is 0 Å². The molecule has 0 amide bonds. The summed E-state index contributed by atoms with van der Waals surface area (Å²) in [7, 11) is 2.23. The zero-order valence-corrected chi connectivity index (χ0v) is 16.2. The van der Waals surface area contributed by atoms with Gasteiger partial charge in [-0.1, -0.05) is 66.7 Å². The number of hydrogen-bond acceptors (Lipinski definition) is 3. The normalized spacial score (nSPS) is 27.0. The molecule has 2 aromatic rings. The first-order valence-corrected chi connectivity index (χ1v) is 10.1. The molecule has 0 bridgehead atoms. The van der Waals surface area contributed by atoms with Gasteiger partial charge in [0.1, 0.15) is 0 Å². The van der Waals surface area contributed by atoms with E-state index in [1.165, 1.54) is 36.1 Å². The van der Waals surface area contributed by atoms with E-state index >= 15 is 0 Å². The molecule has 3 heteroatoms. The van der Waals surface area contributed by atoms with E-state index < -0.39 is 0 Å². The summed E-state index contributed by atoms with van der Waals surface area (Å²) in [5.74, 6) is 0.433. The van der Waals surface area contributed by atoms with Crippen molar-refractivity contribution in [2.24, 2.45) is 0 Å². The molecule has 2 aromatic carbocycles. The number of rotatable bonds is 4. The number of aliphatic hydroxyl groups excluding tert-OH is 1. The maximum atomic E-state index is 9.98. The van der Waals surface area contributed by atoms with Gasteiger partial charge in [-0.3, -0.25) is 4.90 Å². The van der Waals surface area contributed by atoms with Crippen LogP contribution < -0.4 is 0 Å². The molecule has 2 heterocycles. The highest BCUT2D eigenvalue weighted by Gasteiger charge is 2.48. The Morgan fingerprint density at radius 1 is 0.926 bits per heavy atom. The van der Waals surface area contributed by atoms with Gasteiger partial charge in [0.25, 0.3) is 0 Å². The molecule has 0 aliphatic carbocycles.